The summed E-state index contributed by atoms with van der Waals surface area (Å²) >= 11 is 0. The molecule has 0 aromatic rings. The Morgan fingerprint density at radius 2 is 1.05 bits per heavy atom. The van der Waals surface area contributed by atoms with Gasteiger partial charge in [-0.2, -0.15) is 0 Å². The number of carbonyl (C=O) groups is 2. The van der Waals surface area contributed by atoms with Gasteiger partial charge in [-0.05, 0) is 37.5 Å². The van der Waals surface area contributed by atoms with E-state index in [1.165, 1.54) is 0 Å². The molecular formula is C16H30O4W. The number of unbranched alkanes of at least 4 members (excludes halogenated alkanes) is 2. The molecule has 0 spiro atoms. The number of carbonyl (C=O) groups excluding carboxylic acids is 2. The normalized spacial score (nSPS) is 12.4. The van der Waals surface area contributed by atoms with Gasteiger partial charge in [0, 0.05) is 11.9 Å². The molecule has 0 rings (SSSR count). The molecule has 0 bridgehead atoms. The minimum absolute atomic E-state index is 0. The largest absolute Gasteiger partial charge is 2.00 e. The van der Waals surface area contributed by atoms with E-state index in [4.69, 9.17) is 0 Å². The van der Waals surface area contributed by atoms with E-state index < -0.39 is 11.9 Å². The number of carboxylic acid groups (broad SMARTS) is 2. The average Bonchev–Trinajstić information content (AvgIpc) is 2.40. The van der Waals surface area contributed by atoms with Crippen LogP contribution in [-0.2, 0) is 30.7 Å². The first-order valence-electron chi connectivity index (χ1n) is 7.86. The molecule has 0 fully saturated rings. The van der Waals surface area contributed by atoms with E-state index in [0.29, 0.717) is 12.8 Å². The molecule has 0 heterocycles. The van der Waals surface area contributed by atoms with Gasteiger partial charge >= 0.3 is 21.1 Å². The second-order valence-electron chi connectivity index (χ2n) is 5.13. The first kappa shape index (κ1) is 25.6. The van der Waals surface area contributed by atoms with Gasteiger partial charge < -0.3 is 19.8 Å². The van der Waals surface area contributed by atoms with E-state index in [2.05, 4.69) is 13.8 Å². The molecule has 21 heavy (non-hydrogen) atoms. The van der Waals surface area contributed by atoms with Crippen molar-refractivity contribution in [1.29, 1.82) is 0 Å². The van der Waals surface area contributed by atoms with Crippen LogP contribution in [0.1, 0.15) is 79.1 Å². The third kappa shape index (κ3) is 15.8. The van der Waals surface area contributed by atoms with Crippen molar-refractivity contribution < 1.29 is 40.9 Å². The standard InChI is InChI=1S/2C8H16O2.W/c2*1-3-5-6-7(4-2)8(9)10;/h2*7H,3-6H2,1-2H3,(H,9,10);/q;;+2/p-2. The maximum absolute atomic E-state index is 10.3. The van der Waals surface area contributed by atoms with Crippen LogP contribution in [0, 0.1) is 11.8 Å². The molecule has 0 aliphatic heterocycles. The molecule has 0 aromatic heterocycles. The van der Waals surface area contributed by atoms with Crippen LogP contribution in [0.5, 0.6) is 0 Å². The van der Waals surface area contributed by atoms with Crippen molar-refractivity contribution >= 4 is 11.9 Å². The van der Waals surface area contributed by atoms with Gasteiger partial charge in [-0.3, -0.25) is 0 Å². The first-order valence-corrected chi connectivity index (χ1v) is 7.86. The van der Waals surface area contributed by atoms with Crippen LogP contribution in [0.25, 0.3) is 0 Å². The van der Waals surface area contributed by atoms with Crippen molar-refractivity contribution in [2.45, 2.75) is 79.1 Å². The fraction of sp³-hybridized carbons (Fsp3) is 0.875. The van der Waals surface area contributed by atoms with E-state index >= 15 is 0 Å². The molecule has 4 nitrogen and oxygen atoms in total. The minimum atomic E-state index is -0.893. The average molecular weight is 470 g/mol. The third-order valence-corrected chi connectivity index (χ3v) is 3.46. The van der Waals surface area contributed by atoms with Gasteiger partial charge in [0.05, 0.1) is 0 Å². The summed E-state index contributed by atoms with van der Waals surface area (Å²) in [5.74, 6) is -2.23. The van der Waals surface area contributed by atoms with Crippen molar-refractivity contribution in [1.82, 2.24) is 0 Å². The second-order valence-corrected chi connectivity index (χ2v) is 5.13. The van der Waals surface area contributed by atoms with Crippen LogP contribution in [0.3, 0.4) is 0 Å². The van der Waals surface area contributed by atoms with Crippen LogP contribution < -0.4 is 10.2 Å². The predicted octanol–water partition coefficient (Wildman–Crippen LogP) is 1.90. The molecule has 0 N–H and O–H groups in total. The van der Waals surface area contributed by atoms with Crippen molar-refractivity contribution in [3.05, 3.63) is 0 Å². The number of rotatable bonds is 10. The second kappa shape index (κ2) is 17.7. The monoisotopic (exact) mass is 470 g/mol. The number of carboxylic acids is 2. The SMILES string of the molecule is CCCCC(CC)C(=O)[O-].CCCCC(CC)C(=O)[O-].[W+2]. The molecule has 0 amide bonds. The quantitative estimate of drug-likeness (QED) is 0.489. The number of aliphatic carboxylic acids is 2. The van der Waals surface area contributed by atoms with Crippen LogP contribution >= 0.6 is 0 Å². The van der Waals surface area contributed by atoms with Gasteiger partial charge in [0.15, 0.2) is 0 Å². The van der Waals surface area contributed by atoms with Gasteiger partial charge in [-0.25, -0.2) is 0 Å². The molecule has 5 heteroatoms. The van der Waals surface area contributed by atoms with E-state index in [0.717, 1.165) is 38.5 Å². The summed E-state index contributed by atoms with van der Waals surface area (Å²) in [5.41, 5.74) is 0. The summed E-state index contributed by atoms with van der Waals surface area (Å²) in [6.45, 7) is 7.89. The first-order chi connectivity index (χ1) is 9.44. The van der Waals surface area contributed by atoms with Crippen molar-refractivity contribution in [3.8, 4) is 0 Å². The maximum Gasteiger partial charge on any atom is 2.00 e. The zero-order valence-electron chi connectivity index (χ0n) is 13.9. The van der Waals surface area contributed by atoms with E-state index in [1.807, 2.05) is 13.8 Å². The van der Waals surface area contributed by atoms with E-state index in [9.17, 15) is 19.8 Å². The summed E-state index contributed by atoms with van der Waals surface area (Å²) in [6, 6.07) is 0. The van der Waals surface area contributed by atoms with Crippen molar-refractivity contribution in [2.75, 3.05) is 0 Å². The molecular weight excluding hydrogens is 440 g/mol. The Morgan fingerprint density at radius 1 is 0.762 bits per heavy atom. The topological polar surface area (TPSA) is 80.3 Å². The van der Waals surface area contributed by atoms with Crippen LogP contribution in [0.2, 0.25) is 0 Å². The summed E-state index contributed by atoms with van der Waals surface area (Å²) < 4.78 is 0. The van der Waals surface area contributed by atoms with Gasteiger partial charge in [-0.1, -0.05) is 53.4 Å². The molecule has 2 atom stereocenters. The molecule has 0 saturated heterocycles. The van der Waals surface area contributed by atoms with Crippen molar-refractivity contribution in [2.24, 2.45) is 11.8 Å². The summed E-state index contributed by atoms with van der Waals surface area (Å²) in [6.07, 6.45) is 7.04. The minimum Gasteiger partial charge on any atom is -0.550 e. The Morgan fingerprint density at radius 3 is 1.19 bits per heavy atom. The maximum atomic E-state index is 10.3. The Balaban J connectivity index is -0.000000295. The molecule has 0 aromatic carbocycles. The third-order valence-electron chi connectivity index (χ3n) is 3.46. The van der Waals surface area contributed by atoms with E-state index in [1.54, 1.807) is 0 Å². The van der Waals surface area contributed by atoms with Gasteiger partial charge in [0.1, 0.15) is 0 Å². The van der Waals surface area contributed by atoms with E-state index in [-0.39, 0.29) is 32.9 Å². The van der Waals surface area contributed by atoms with Crippen LogP contribution in [0.15, 0.2) is 0 Å². The fourth-order valence-electron chi connectivity index (χ4n) is 1.88. The molecule has 0 aliphatic carbocycles. The Labute approximate surface area is 144 Å². The van der Waals surface area contributed by atoms with Crippen LogP contribution in [-0.4, -0.2) is 11.9 Å². The van der Waals surface area contributed by atoms with Gasteiger partial charge in [0.2, 0.25) is 0 Å². The van der Waals surface area contributed by atoms with Gasteiger partial charge in [-0.15, -0.1) is 0 Å². The smallest absolute Gasteiger partial charge is 0.550 e. The summed E-state index contributed by atoms with van der Waals surface area (Å²) in [4.78, 5) is 20.7. The van der Waals surface area contributed by atoms with Crippen LogP contribution in [0.4, 0.5) is 0 Å². The predicted molar refractivity (Wildman–Crippen MR) is 76.6 cm³/mol. The molecule has 0 saturated carbocycles. The molecule has 124 valence electrons. The summed E-state index contributed by atoms with van der Waals surface area (Å²) in [5, 5.41) is 20.7. The zero-order valence-corrected chi connectivity index (χ0v) is 16.8. The summed E-state index contributed by atoms with van der Waals surface area (Å²) in [7, 11) is 0. The van der Waals surface area contributed by atoms with Crippen molar-refractivity contribution in [3.63, 3.8) is 0 Å². The number of hydrogen-bond donors (Lipinski definition) is 0. The Bertz CT molecular complexity index is 231. The number of hydrogen-bond acceptors (Lipinski definition) is 4. The molecule has 0 radical (unpaired) electrons. The Kier molecular flexibility index (Phi) is 21.5. The Hall–Kier alpha value is -0.372. The fourth-order valence-corrected chi connectivity index (χ4v) is 1.88. The molecule has 0 aliphatic rings. The molecule has 2 unspecified atom stereocenters. The van der Waals surface area contributed by atoms with Gasteiger partial charge in [0.25, 0.3) is 0 Å². The zero-order chi connectivity index (χ0) is 16.0.